The number of hydrogen-bond acceptors (Lipinski definition) is 5. The van der Waals surface area contributed by atoms with E-state index in [1.54, 1.807) is 6.08 Å². The van der Waals surface area contributed by atoms with Crippen LogP contribution in [0.5, 0.6) is 0 Å². The first-order chi connectivity index (χ1) is 29.0. The van der Waals surface area contributed by atoms with E-state index in [1.807, 2.05) is 6.08 Å². The Morgan fingerprint density at radius 1 is 0.458 bits per heavy atom. The van der Waals surface area contributed by atoms with Crippen molar-refractivity contribution in [3.63, 3.8) is 0 Å². The molecular formula is C53H99NO5. The number of aliphatic hydroxyl groups excluding tert-OH is 2. The number of carbonyl (C=O) groups is 2. The van der Waals surface area contributed by atoms with Crippen molar-refractivity contribution >= 4 is 11.9 Å². The summed E-state index contributed by atoms with van der Waals surface area (Å²) in [7, 11) is 0. The molecule has 6 nitrogen and oxygen atoms in total. The van der Waals surface area contributed by atoms with Crippen LogP contribution in [0.4, 0.5) is 0 Å². The molecule has 6 heteroatoms. The third-order valence-corrected chi connectivity index (χ3v) is 11.6. The van der Waals surface area contributed by atoms with E-state index >= 15 is 0 Å². The Bertz CT molecular complexity index is 962. The summed E-state index contributed by atoms with van der Waals surface area (Å²) in [5, 5.41) is 22.9. The lowest BCUT2D eigenvalue weighted by Crippen LogP contribution is -2.45. The van der Waals surface area contributed by atoms with Crippen LogP contribution in [-0.4, -0.2) is 47.4 Å². The van der Waals surface area contributed by atoms with E-state index in [9.17, 15) is 19.8 Å². The van der Waals surface area contributed by atoms with Crippen molar-refractivity contribution in [1.82, 2.24) is 5.32 Å². The van der Waals surface area contributed by atoms with Crippen molar-refractivity contribution in [3.05, 3.63) is 36.5 Å². The Labute approximate surface area is 366 Å². The highest BCUT2D eigenvalue weighted by atomic mass is 16.5. The summed E-state index contributed by atoms with van der Waals surface area (Å²) in [5.41, 5.74) is 0. The molecule has 3 N–H and O–H groups in total. The summed E-state index contributed by atoms with van der Waals surface area (Å²) in [5.74, 6) is -0.0831. The number of carbonyl (C=O) groups excluding carboxylic acids is 2. The van der Waals surface area contributed by atoms with E-state index < -0.39 is 12.1 Å². The number of unbranched alkanes of at least 4 members (excludes halogenated alkanes) is 32. The average molecular weight is 830 g/mol. The Morgan fingerprint density at radius 3 is 1.25 bits per heavy atom. The molecule has 346 valence electrons. The lowest BCUT2D eigenvalue weighted by Gasteiger charge is -2.20. The molecule has 0 aromatic carbocycles. The molecule has 2 unspecified atom stereocenters. The van der Waals surface area contributed by atoms with Crippen molar-refractivity contribution < 1.29 is 24.5 Å². The predicted octanol–water partition coefficient (Wildman–Crippen LogP) is 15.3. The van der Waals surface area contributed by atoms with Gasteiger partial charge in [-0.3, -0.25) is 9.59 Å². The molecule has 0 fully saturated rings. The molecule has 0 aliphatic rings. The highest BCUT2D eigenvalue weighted by Gasteiger charge is 2.18. The number of esters is 1. The third-order valence-electron chi connectivity index (χ3n) is 11.6. The Balaban J connectivity index is 3.44. The van der Waals surface area contributed by atoms with E-state index in [1.165, 1.54) is 186 Å². The standard InChI is InChI=1S/C53H99NO5/c1-3-5-7-9-11-13-26-31-35-39-43-47-53(58)59-48-44-40-36-32-28-25-23-21-19-17-15-16-18-20-22-24-27-30-34-38-42-46-52(57)54-50(49-55)51(56)45-41-37-33-29-14-12-10-8-6-4-2/h9,11,16,18,41,45,50-51,55-56H,3-8,10,12-15,17,19-40,42-44,46-49H2,1-2H3,(H,54,57)/b11-9-,18-16-,45-41+. The van der Waals surface area contributed by atoms with E-state index in [-0.39, 0.29) is 18.5 Å². The molecule has 0 aromatic rings. The first-order valence-electron chi connectivity index (χ1n) is 25.8. The largest absolute Gasteiger partial charge is 0.466 e. The van der Waals surface area contributed by atoms with Gasteiger partial charge in [-0.05, 0) is 77.0 Å². The molecule has 2 atom stereocenters. The van der Waals surface area contributed by atoms with E-state index in [0.29, 0.717) is 19.4 Å². The fourth-order valence-corrected chi connectivity index (χ4v) is 7.61. The van der Waals surface area contributed by atoms with Crippen LogP contribution in [0, 0.1) is 0 Å². The van der Waals surface area contributed by atoms with Gasteiger partial charge >= 0.3 is 5.97 Å². The maximum Gasteiger partial charge on any atom is 0.305 e. The van der Waals surface area contributed by atoms with Crippen LogP contribution < -0.4 is 5.32 Å². The topological polar surface area (TPSA) is 95.9 Å². The normalized spacial score (nSPS) is 12.9. The van der Waals surface area contributed by atoms with E-state index in [4.69, 9.17) is 4.74 Å². The van der Waals surface area contributed by atoms with Crippen LogP contribution in [-0.2, 0) is 14.3 Å². The zero-order valence-corrected chi connectivity index (χ0v) is 39.2. The van der Waals surface area contributed by atoms with Gasteiger partial charge in [-0.1, -0.05) is 211 Å². The number of aliphatic hydroxyl groups is 2. The molecule has 0 bridgehead atoms. The van der Waals surface area contributed by atoms with Gasteiger partial charge in [0.2, 0.25) is 5.91 Å². The maximum atomic E-state index is 12.4. The van der Waals surface area contributed by atoms with Crippen LogP contribution >= 0.6 is 0 Å². The number of allylic oxidation sites excluding steroid dienone is 5. The predicted molar refractivity (Wildman–Crippen MR) is 255 cm³/mol. The summed E-state index contributed by atoms with van der Waals surface area (Å²) < 4.78 is 5.44. The maximum absolute atomic E-state index is 12.4. The second kappa shape index (κ2) is 48.7. The van der Waals surface area contributed by atoms with Crippen molar-refractivity contribution in [2.45, 2.75) is 276 Å². The van der Waals surface area contributed by atoms with Crippen molar-refractivity contribution in [2.75, 3.05) is 13.2 Å². The number of nitrogens with one attached hydrogen (secondary N) is 1. The first-order valence-corrected chi connectivity index (χ1v) is 25.8. The summed E-state index contributed by atoms with van der Waals surface area (Å²) >= 11 is 0. The second-order valence-corrected chi connectivity index (χ2v) is 17.5. The van der Waals surface area contributed by atoms with Gasteiger partial charge in [0.25, 0.3) is 0 Å². The second-order valence-electron chi connectivity index (χ2n) is 17.5. The highest BCUT2D eigenvalue weighted by molar-refractivity contribution is 5.76. The fraction of sp³-hybridized carbons (Fsp3) is 0.849. The van der Waals surface area contributed by atoms with Crippen molar-refractivity contribution in [1.29, 1.82) is 0 Å². The summed E-state index contributed by atoms with van der Waals surface area (Å²) in [6.07, 6.45) is 58.7. The molecule has 0 aliphatic heterocycles. The Hall–Kier alpha value is -1.92. The number of rotatable bonds is 47. The van der Waals surface area contributed by atoms with Gasteiger partial charge in [-0.25, -0.2) is 0 Å². The number of amides is 1. The minimum absolute atomic E-state index is 0.00442. The Kier molecular flexibility index (Phi) is 47.2. The van der Waals surface area contributed by atoms with Crippen molar-refractivity contribution in [3.8, 4) is 0 Å². The monoisotopic (exact) mass is 830 g/mol. The van der Waals surface area contributed by atoms with Gasteiger partial charge in [-0.2, -0.15) is 0 Å². The molecule has 0 aliphatic carbocycles. The van der Waals surface area contributed by atoms with Crippen LogP contribution in [0.1, 0.15) is 264 Å². The first kappa shape index (κ1) is 57.1. The van der Waals surface area contributed by atoms with Gasteiger partial charge in [0.15, 0.2) is 0 Å². The van der Waals surface area contributed by atoms with Gasteiger partial charge in [-0.15, -0.1) is 0 Å². The van der Waals surface area contributed by atoms with Crippen LogP contribution in [0.3, 0.4) is 0 Å². The van der Waals surface area contributed by atoms with Gasteiger partial charge in [0, 0.05) is 12.8 Å². The molecular weight excluding hydrogens is 731 g/mol. The molecule has 0 aromatic heterocycles. The molecule has 0 saturated carbocycles. The molecule has 0 radical (unpaired) electrons. The molecule has 1 amide bonds. The van der Waals surface area contributed by atoms with Crippen LogP contribution in [0.2, 0.25) is 0 Å². The smallest absolute Gasteiger partial charge is 0.305 e. The van der Waals surface area contributed by atoms with Crippen LogP contribution in [0.15, 0.2) is 36.5 Å². The quantitative estimate of drug-likeness (QED) is 0.0323. The lowest BCUT2D eigenvalue weighted by molar-refractivity contribution is -0.143. The van der Waals surface area contributed by atoms with Gasteiger partial charge in [0.05, 0.1) is 25.4 Å². The van der Waals surface area contributed by atoms with Crippen molar-refractivity contribution in [2.24, 2.45) is 0 Å². The average Bonchev–Trinajstić information content (AvgIpc) is 3.24. The molecule has 0 spiro atoms. The molecule has 0 heterocycles. The zero-order valence-electron chi connectivity index (χ0n) is 39.2. The fourth-order valence-electron chi connectivity index (χ4n) is 7.61. The highest BCUT2D eigenvalue weighted by Crippen LogP contribution is 2.15. The minimum Gasteiger partial charge on any atom is -0.466 e. The van der Waals surface area contributed by atoms with Crippen LogP contribution in [0.25, 0.3) is 0 Å². The summed E-state index contributed by atoms with van der Waals surface area (Å²) in [6.45, 7) is 4.83. The minimum atomic E-state index is -0.847. The third kappa shape index (κ3) is 45.4. The number of hydrogen-bond donors (Lipinski definition) is 3. The van der Waals surface area contributed by atoms with Gasteiger partial charge in [0.1, 0.15) is 0 Å². The molecule has 59 heavy (non-hydrogen) atoms. The Morgan fingerprint density at radius 2 is 0.814 bits per heavy atom. The van der Waals surface area contributed by atoms with E-state index in [0.717, 1.165) is 51.4 Å². The molecule has 0 rings (SSSR count). The summed E-state index contributed by atoms with van der Waals surface area (Å²) in [4.78, 5) is 24.3. The number of ether oxygens (including phenoxy) is 1. The summed E-state index contributed by atoms with van der Waals surface area (Å²) in [6, 6.07) is -0.631. The zero-order chi connectivity index (χ0) is 43.0. The molecule has 0 saturated heterocycles. The lowest BCUT2D eigenvalue weighted by atomic mass is 10.0. The van der Waals surface area contributed by atoms with Gasteiger partial charge < -0.3 is 20.3 Å². The SMILES string of the molecule is CCCC/C=C\CCCCCCCC(=O)OCCCCCCCCCCCC/C=C\CCCCCCCCCC(=O)NC(CO)C(O)/C=C/CCCCCCCCCC. The van der Waals surface area contributed by atoms with E-state index in [2.05, 4.69) is 43.5 Å².